The Morgan fingerprint density at radius 2 is 1.13 bits per heavy atom. The molecule has 0 aliphatic carbocycles. The summed E-state index contributed by atoms with van der Waals surface area (Å²) >= 11 is 0. The van der Waals surface area contributed by atoms with Crippen molar-refractivity contribution >= 4 is 17.9 Å². The number of carboxylic acid groups (broad SMARTS) is 3. The minimum Gasteiger partial charge on any atom is -0.481 e. The molecule has 0 spiro atoms. The Kier molecular flexibility index (Phi) is 10.5. The van der Waals surface area contributed by atoms with Crippen LogP contribution in [0.5, 0.6) is 0 Å². The predicted molar refractivity (Wildman–Crippen MR) is 37.1 cm³/mol. The minimum absolute atomic E-state index is 0. The molecule has 0 aromatic rings. The number of carboxylic acids is 3. The van der Waals surface area contributed by atoms with E-state index in [1.54, 1.807) is 0 Å². The molecule has 0 unspecified atom stereocenters. The Labute approximate surface area is 110 Å². The van der Waals surface area contributed by atoms with Crippen LogP contribution in [0.15, 0.2) is 0 Å². The first-order chi connectivity index (χ1) is 5.78. The molecule has 0 saturated heterocycles. The van der Waals surface area contributed by atoms with Crippen LogP contribution in [0.25, 0.3) is 0 Å². The van der Waals surface area contributed by atoms with Crippen LogP contribution >= 0.6 is 0 Å². The Hall–Kier alpha value is -0.383. The summed E-state index contributed by atoms with van der Waals surface area (Å²) in [6.07, 6.45) is -2.29. The smallest absolute Gasteiger partial charge is 0.336 e. The van der Waals surface area contributed by atoms with E-state index < -0.39 is 36.4 Å². The molecule has 78 valence electrons. The van der Waals surface area contributed by atoms with Crippen molar-refractivity contribution < 1.29 is 73.8 Å². The Balaban J connectivity index is -0.000000720. The van der Waals surface area contributed by atoms with Crippen LogP contribution in [-0.2, 0) is 53.3 Å². The van der Waals surface area contributed by atoms with Gasteiger partial charge in [-0.05, 0) is 0 Å². The first-order valence-corrected chi connectivity index (χ1v) is 3.17. The molecule has 0 aromatic carbocycles. The molecular weight excluding hydrogens is 315 g/mol. The third-order valence-electron chi connectivity index (χ3n) is 1.29. The van der Waals surface area contributed by atoms with Crippen molar-refractivity contribution in [3.05, 3.63) is 0 Å². The van der Waals surface area contributed by atoms with Gasteiger partial charge < -0.3 is 20.4 Å². The maximum Gasteiger partial charge on any atom is 0.336 e. The number of carbonyl (C=O) groups is 3. The molecule has 4 N–H and O–H groups in total. The van der Waals surface area contributed by atoms with Gasteiger partial charge >= 0.3 is 17.9 Å². The zero-order chi connectivity index (χ0) is 10.6. The first-order valence-electron chi connectivity index (χ1n) is 3.17. The molecule has 0 rings (SSSR count). The van der Waals surface area contributed by atoms with E-state index in [1.807, 2.05) is 0 Å². The molecule has 0 radical (unpaired) electrons. The number of rotatable bonds is 5. The summed E-state index contributed by atoms with van der Waals surface area (Å²) in [6, 6.07) is 0. The van der Waals surface area contributed by atoms with Crippen LogP contribution in [0.1, 0.15) is 12.8 Å². The molecule has 9 heteroatoms. The van der Waals surface area contributed by atoms with Crippen LogP contribution in [0.3, 0.4) is 0 Å². The van der Waals surface area contributed by atoms with E-state index in [4.69, 9.17) is 20.4 Å². The maximum atomic E-state index is 10.3. The molecule has 0 aliphatic rings. The van der Waals surface area contributed by atoms with E-state index >= 15 is 0 Å². The van der Waals surface area contributed by atoms with E-state index in [-0.39, 0.29) is 39.0 Å². The number of aliphatic hydroxyl groups is 1. The number of hydrogen-bond acceptors (Lipinski definition) is 4. The average molecular weight is 323 g/mol. The van der Waals surface area contributed by atoms with Gasteiger partial charge in [-0.25, -0.2) is 4.79 Å². The third-order valence-corrected chi connectivity index (χ3v) is 1.29. The van der Waals surface area contributed by atoms with E-state index in [0.29, 0.717) is 0 Å². The Morgan fingerprint density at radius 3 is 1.27 bits per heavy atom. The molecule has 0 amide bonds. The van der Waals surface area contributed by atoms with Crippen molar-refractivity contribution in [2.75, 3.05) is 0 Å². The van der Waals surface area contributed by atoms with Crippen LogP contribution in [0, 0.1) is 0 Å². The molecule has 0 atom stereocenters. The Bertz CT molecular complexity index is 236. The second kappa shape index (κ2) is 7.85. The largest absolute Gasteiger partial charge is 0.481 e. The summed E-state index contributed by atoms with van der Waals surface area (Å²) in [7, 11) is 0. The van der Waals surface area contributed by atoms with Crippen molar-refractivity contribution in [1.29, 1.82) is 0 Å². The van der Waals surface area contributed by atoms with E-state index in [2.05, 4.69) is 0 Å². The molecular formula is C6H8O7Zn2. The van der Waals surface area contributed by atoms with Gasteiger partial charge in [0, 0.05) is 39.0 Å². The SMILES string of the molecule is O=C(O)CC(O)(CC(=O)O)C(=O)O.[Zn].[Zn]. The number of hydrogen-bond donors (Lipinski definition) is 4. The summed E-state index contributed by atoms with van der Waals surface area (Å²) in [4.78, 5) is 30.5. The van der Waals surface area contributed by atoms with Crippen molar-refractivity contribution in [1.82, 2.24) is 0 Å². The van der Waals surface area contributed by atoms with Gasteiger partial charge in [0.05, 0.1) is 12.8 Å². The van der Waals surface area contributed by atoms with Crippen LogP contribution in [0.2, 0.25) is 0 Å². The molecule has 0 saturated carbocycles. The van der Waals surface area contributed by atoms with Crippen LogP contribution < -0.4 is 0 Å². The molecule has 0 fully saturated rings. The number of aliphatic carboxylic acids is 3. The fraction of sp³-hybridized carbons (Fsp3) is 0.500. The molecule has 0 aromatic heterocycles. The van der Waals surface area contributed by atoms with Gasteiger partial charge in [-0.15, -0.1) is 0 Å². The second-order valence-corrected chi connectivity index (χ2v) is 2.48. The zero-order valence-electron chi connectivity index (χ0n) is 7.84. The molecule has 0 bridgehead atoms. The van der Waals surface area contributed by atoms with Gasteiger partial charge in [0.15, 0.2) is 5.60 Å². The standard InChI is InChI=1S/C6H8O7.2Zn/c7-3(8)1-6(13,5(11)12)2-4(9)10;;/h13H,1-2H2,(H,7,8)(H,9,10)(H,11,12);;. The Morgan fingerprint density at radius 1 is 0.867 bits per heavy atom. The fourth-order valence-corrected chi connectivity index (χ4v) is 0.714. The van der Waals surface area contributed by atoms with Crippen molar-refractivity contribution in [3.8, 4) is 0 Å². The van der Waals surface area contributed by atoms with Crippen LogP contribution in [-0.4, -0.2) is 43.9 Å². The minimum atomic E-state index is -2.74. The average Bonchev–Trinajstić information content (AvgIpc) is 1.82. The fourth-order valence-electron chi connectivity index (χ4n) is 0.714. The quantitative estimate of drug-likeness (QED) is 0.465. The van der Waals surface area contributed by atoms with E-state index in [1.165, 1.54) is 0 Å². The van der Waals surface area contributed by atoms with Gasteiger partial charge in [0.25, 0.3) is 0 Å². The van der Waals surface area contributed by atoms with Gasteiger partial charge in [-0.1, -0.05) is 0 Å². The molecule has 7 nitrogen and oxygen atoms in total. The second-order valence-electron chi connectivity index (χ2n) is 2.48. The van der Waals surface area contributed by atoms with Gasteiger partial charge in [-0.3, -0.25) is 9.59 Å². The van der Waals surface area contributed by atoms with Gasteiger partial charge in [-0.2, -0.15) is 0 Å². The monoisotopic (exact) mass is 320 g/mol. The summed E-state index contributed by atoms with van der Waals surface area (Å²) in [5, 5.41) is 33.8. The van der Waals surface area contributed by atoms with E-state index in [0.717, 1.165) is 0 Å². The van der Waals surface area contributed by atoms with Crippen molar-refractivity contribution in [2.24, 2.45) is 0 Å². The topological polar surface area (TPSA) is 132 Å². The predicted octanol–water partition coefficient (Wildman–Crippen LogP) is -1.25. The summed E-state index contributed by atoms with van der Waals surface area (Å²) < 4.78 is 0. The summed E-state index contributed by atoms with van der Waals surface area (Å²) in [6.45, 7) is 0. The van der Waals surface area contributed by atoms with Gasteiger partial charge in [0.1, 0.15) is 0 Å². The normalized spacial score (nSPS) is 9.40. The van der Waals surface area contributed by atoms with E-state index in [9.17, 15) is 14.4 Å². The molecule has 0 heterocycles. The summed E-state index contributed by atoms with van der Waals surface area (Å²) in [5.41, 5.74) is -2.74. The third kappa shape index (κ3) is 7.53. The van der Waals surface area contributed by atoms with Crippen molar-refractivity contribution in [3.63, 3.8) is 0 Å². The van der Waals surface area contributed by atoms with Gasteiger partial charge in [0.2, 0.25) is 0 Å². The van der Waals surface area contributed by atoms with Crippen LogP contribution in [0.4, 0.5) is 0 Å². The molecule has 0 aliphatic heterocycles. The summed E-state index contributed by atoms with van der Waals surface area (Å²) in [5.74, 6) is -5.02. The zero-order valence-corrected chi connectivity index (χ0v) is 13.8. The van der Waals surface area contributed by atoms with Crippen molar-refractivity contribution in [2.45, 2.75) is 18.4 Å². The molecule has 15 heavy (non-hydrogen) atoms. The maximum absolute atomic E-state index is 10.3. The first kappa shape index (κ1) is 20.1.